The molecule has 1 heterocycles. The lowest BCUT2D eigenvalue weighted by Gasteiger charge is -2.19. The highest BCUT2D eigenvalue weighted by molar-refractivity contribution is 7.15. The summed E-state index contributed by atoms with van der Waals surface area (Å²) in [6.07, 6.45) is 4.08. The molecular weight excluding hydrogens is 413 g/mol. The molecule has 1 unspecified atom stereocenters. The van der Waals surface area contributed by atoms with E-state index in [0.29, 0.717) is 16.6 Å². The zero-order valence-electron chi connectivity index (χ0n) is 17.0. The van der Waals surface area contributed by atoms with Gasteiger partial charge in [0.05, 0.1) is 5.92 Å². The van der Waals surface area contributed by atoms with Crippen LogP contribution < -0.4 is 11.1 Å². The Bertz CT molecular complexity index is 1170. The Kier molecular flexibility index (Phi) is 5.69. The molecule has 1 aliphatic rings. The Morgan fingerprint density at radius 2 is 1.94 bits per heavy atom. The number of benzene rings is 2. The third-order valence-electron chi connectivity index (χ3n) is 5.45. The molecule has 2 aromatic carbocycles. The smallest absolute Gasteiger partial charge is 0.248 e. The first-order chi connectivity index (χ1) is 14.9. The summed E-state index contributed by atoms with van der Waals surface area (Å²) in [6, 6.07) is 12.4. The van der Waals surface area contributed by atoms with Crippen molar-refractivity contribution < 1.29 is 14.0 Å². The first-order valence-electron chi connectivity index (χ1n) is 10.00. The van der Waals surface area contributed by atoms with Gasteiger partial charge in [-0.1, -0.05) is 49.0 Å². The van der Waals surface area contributed by atoms with Crippen molar-refractivity contribution in [3.63, 3.8) is 0 Å². The molecule has 158 valence electrons. The van der Waals surface area contributed by atoms with E-state index in [1.165, 1.54) is 17.4 Å². The highest BCUT2D eigenvalue weighted by Crippen LogP contribution is 2.43. The van der Waals surface area contributed by atoms with E-state index in [1.807, 2.05) is 30.3 Å². The monoisotopic (exact) mass is 435 g/mol. The van der Waals surface area contributed by atoms with Crippen molar-refractivity contribution >= 4 is 33.9 Å². The van der Waals surface area contributed by atoms with Gasteiger partial charge in [-0.15, -0.1) is 11.3 Å². The molecule has 3 aromatic rings. The first kappa shape index (κ1) is 20.9. The number of carbonyl (C=O) groups excluding carboxylic acids is 2. The standard InChI is InChI=1S/C24H22FN3O2S/c1-13(22(26)29)17-10-11-18(15-6-4-3-5-7-15)20(21(17)25)14(2)23(30)28-24-27-12-19(31-24)16-8-9-16/h3-7,10-12,14,16H,1,8-9H2,2H3,(H2,26,29)(H,27,28,30). The Labute approximate surface area is 183 Å². The molecule has 0 saturated heterocycles. The van der Waals surface area contributed by atoms with Crippen LogP contribution in [0.3, 0.4) is 0 Å². The van der Waals surface area contributed by atoms with Crippen molar-refractivity contribution in [2.45, 2.75) is 31.6 Å². The lowest BCUT2D eigenvalue weighted by Crippen LogP contribution is -2.21. The molecule has 0 radical (unpaired) electrons. The van der Waals surface area contributed by atoms with Gasteiger partial charge in [-0.3, -0.25) is 9.59 Å². The second kappa shape index (κ2) is 8.43. The average molecular weight is 436 g/mol. The Morgan fingerprint density at radius 1 is 1.23 bits per heavy atom. The number of primary amides is 1. The number of rotatable bonds is 7. The molecular formula is C24H22FN3O2S. The lowest BCUT2D eigenvalue weighted by molar-refractivity contribution is -0.117. The maximum absolute atomic E-state index is 15.6. The first-order valence-corrected chi connectivity index (χ1v) is 10.8. The Morgan fingerprint density at radius 3 is 2.58 bits per heavy atom. The van der Waals surface area contributed by atoms with Gasteiger partial charge in [-0.25, -0.2) is 9.37 Å². The number of anilines is 1. The van der Waals surface area contributed by atoms with Crippen LogP contribution in [0.15, 0.2) is 55.2 Å². The molecule has 31 heavy (non-hydrogen) atoms. The number of aromatic nitrogens is 1. The van der Waals surface area contributed by atoms with E-state index in [0.717, 1.165) is 23.3 Å². The highest BCUT2D eigenvalue weighted by Gasteiger charge is 2.29. The summed E-state index contributed by atoms with van der Waals surface area (Å²) in [5, 5.41) is 3.31. The lowest BCUT2D eigenvalue weighted by atomic mass is 9.87. The van der Waals surface area contributed by atoms with E-state index >= 15 is 4.39 Å². The van der Waals surface area contributed by atoms with Crippen LogP contribution in [-0.2, 0) is 9.59 Å². The number of hydrogen-bond acceptors (Lipinski definition) is 4. The topological polar surface area (TPSA) is 85.1 Å². The molecule has 3 N–H and O–H groups in total. The fourth-order valence-electron chi connectivity index (χ4n) is 3.50. The maximum atomic E-state index is 15.6. The van der Waals surface area contributed by atoms with Crippen molar-refractivity contribution in [2.24, 2.45) is 5.73 Å². The van der Waals surface area contributed by atoms with Crippen LogP contribution in [0.25, 0.3) is 16.7 Å². The summed E-state index contributed by atoms with van der Waals surface area (Å²) in [4.78, 5) is 30.1. The largest absolute Gasteiger partial charge is 0.366 e. The summed E-state index contributed by atoms with van der Waals surface area (Å²) in [7, 11) is 0. The summed E-state index contributed by atoms with van der Waals surface area (Å²) in [5.74, 6) is -2.17. The van der Waals surface area contributed by atoms with Crippen LogP contribution in [0.5, 0.6) is 0 Å². The van der Waals surface area contributed by atoms with Crippen molar-refractivity contribution in [1.82, 2.24) is 4.98 Å². The van der Waals surface area contributed by atoms with Gasteiger partial charge in [0.15, 0.2) is 5.13 Å². The van der Waals surface area contributed by atoms with E-state index in [-0.39, 0.29) is 22.6 Å². The molecule has 5 nitrogen and oxygen atoms in total. The zero-order chi connectivity index (χ0) is 22.1. The average Bonchev–Trinajstić information content (AvgIpc) is 3.52. The SMILES string of the molecule is C=C(C(N)=O)c1ccc(-c2ccccc2)c(C(C)C(=O)Nc2ncc(C3CC3)s2)c1F. The zero-order valence-corrected chi connectivity index (χ0v) is 17.8. The molecule has 0 bridgehead atoms. The number of amides is 2. The van der Waals surface area contributed by atoms with Crippen LogP contribution in [0.1, 0.15) is 47.6 Å². The predicted molar refractivity (Wildman–Crippen MR) is 121 cm³/mol. The summed E-state index contributed by atoms with van der Waals surface area (Å²) in [5.41, 5.74) is 6.68. The normalized spacial score (nSPS) is 14.1. The number of thiazole rings is 1. The van der Waals surface area contributed by atoms with Gasteiger partial charge in [0, 0.05) is 27.8 Å². The Balaban J connectivity index is 1.72. The van der Waals surface area contributed by atoms with Crippen LogP contribution >= 0.6 is 11.3 Å². The maximum Gasteiger partial charge on any atom is 0.248 e. The molecule has 1 aromatic heterocycles. The molecule has 4 rings (SSSR count). The number of nitrogens with zero attached hydrogens (tertiary/aromatic N) is 1. The van der Waals surface area contributed by atoms with E-state index in [9.17, 15) is 9.59 Å². The molecule has 1 atom stereocenters. The van der Waals surface area contributed by atoms with Crippen molar-refractivity contribution in [1.29, 1.82) is 0 Å². The fourth-order valence-corrected chi connectivity index (χ4v) is 4.49. The summed E-state index contributed by atoms with van der Waals surface area (Å²) >= 11 is 1.45. The van der Waals surface area contributed by atoms with Gasteiger partial charge >= 0.3 is 0 Å². The predicted octanol–water partition coefficient (Wildman–Crippen LogP) is 5.07. The molecule has 2 amide bonds. The van der Waals surface area contributed by atoms with Gasteiger partial charge in [-0.05, 0) is 36.8 Å². The quantitative estimate of drug-likeness (QED) is 0.508. The summed E-state index contributed by atoms with van der Waals surface area (Å²) in [6.45, 7) is 5.23. The van der Waals surface area contributed by atoms with Crippen molar-refractivity contribution in [3.05, 3.63) is 77.1 Å². The number of nitrogens with two attached hydrogens (primary N) is 1. The second-order valence-corrected chi connectivity index (χ2v) is 8.71. The highest BCUT2D eigenvalue weighted by atomic mass is 32.1. The van der Waals surface area contributed by atoms with Crippen LogP contribution in [0.4, 0.5) is 9.52 Å². The van der Waals surface area contributed by atoms with Gasteiger partial charge in [0.2, 0.25) is 11.8 Å². The van der Waals surface area contributed by atoms with Gasteiger partial charge in [0.25, 0.3) is 0 Å². The van der Waals surface area contributed by atoms with E-state index in [2.05, 4.69) is 16.9 Å². The van der Waals surface area contributed by atoms with Crippen molar-refractivity contribution in [3.8, 4) is 11.1 Å². The van der Waals surface area contributed by atoms with Crippen molar-refractivity contribution in [2.75, 3.05) is 5.32 Å². The second-order valence-electron chi connectivity index (χ2n) is 7.65. The number of carbonyl (C=O) groups is 2. The Hall–Kier alpha value is -3.32. The van der Waals surface area contributed by atoms with E-state index < -0.39 is 17.6 Å². The minimum absolute atomic E-state index is 0.00732. The minimum Gasteiger partial charge on any atom is -0.366 e. The molecule has 1 saturated carbocycles. The van der Waals surface area contributed by atoms with E-state index in [1.54, 1.807) is 19.2 Å². The van der Waals surface area contributed by atoms with Crippen LogP contribution in [-0.4, -0.2) is 16.8 Å². The minimum atomic E-state index is -0.843. The molecule has 1 aliphatic carbocycles. The van der Waals surface area contributed by atoms with Gasteiger partial charge < -0.3 is 11.1 Å². The summed E-state index contributed by atoms with van der Waals surface area (Å²) < 4.78 is 15.6. The third-order valence-corrected chi connectivity index (χ3v) is 6.52. The van der Waals surface area contributed by atoms with Crippen LogP contribution in [0, 0.1) is 5.82 Å². The number of halogens is 1. The molecule has 7 heteroatoms. The molecule has 1 fully saturated rings. The number of nitrogens with one attached hydrogen (secondary N) is 1. The number of hydrogen-bond donors (Lipinski definition) is 2. The third kappa shape index (κ3) is 4.27. The molecule has 0 spiro atoms. The van der Waals surface area contributed by atoms with Gasteiger partial charge in [-0.2, -0.15) is 0 Å². The van der Waals surface area contributed by atoms with Crippen LogP contribution in [0.2, 0.25) is 0 Å². The fraction of sp³-hybridized carbons (Fsp3) is 0.208. The van der Waals surface area contributed by atoms with Gasteiger partial charge in [0.1, 0.15) is 5.82 Å². The molecule has 0 aliphatic heterocycles. The van der Waals surface area contributed by atoms with E-state index in [4.69, 9.17) is 5.73 Å².